The van der Waals surface area contributed by atoms with Gasteiger partial charge in [0.15, 0.2) is 0 Å². The molecule has 1 rings (SSSR count). The molecule has 1 atom stereocenters. The van der Waals surface area contributed by atoms with Crippen LogP contribution in [0.4, 0.5) is 0 Å². The maximum Gasteiger partial charge on any atom is 0.148 e. The van der Waals surface area contributed by atoms with Gasteiger partial charge in [0.1, 0.15) is 9.84 Å². The third-order valence-electron chi connectivity index (χ3n) is 1.67. The topological polar surface area (TPSA) is 46.2 Å². The molecule has 1 fully saturated rings. The number of sulfone groups is 1. The Labute approximate surface area is 73.9 Å². The Hall–Kier alpha value is 0.200. The molecule has 0 aromatic heterocycles. The molecule has 1 heterocycles. The Morgan fingerprint density at radius 2 is 2.18 bits per heavy atom. The quantitative estimate of drug-likeness (QED) is 0.692. The van der Waals surface area contributed by atoms with Crippen LogP contribution in [-0.2, 0) is 9.84 Å². The highest BCUT2D eigenvalue weighted by molar-refractivity contribution is 7.90. The molecule has 1 saturated heterocycles. The number of nitrogens with one attached hydrogen (secondary N) is 1. The fraction of sp³-hybridized carbons (Fsp3) is 1.00. The number of halogens is 1. The van der Waals surface area contributed by atoms with Gasteiger partial charge in [-0.3, -0.25) is 0 Å². The minimum Gasteiger partial charge on any atom is -0.313 e. The molecule has 0 radical (unpaired) electrons. The SMILES string of the molecule is CS(=O)(=O)CC1CCCN1.Cl. The van der Waals surface area contributed by atoms with E-state index in [2.05, 4.69) is 5.32 Å². The van der Waals surface area contributed by atoms with Gasteiger partial charge in [0.05, 0.1) is 5.75 Å². The molecule has 0 amide bonds. The summed E-state index contributed by atoms with van der Waals surface area (Å²) in [6, 6.07) is 0.218. The molecule has 0 spiro atoms. The van der Waals surface area contributed by atoms with Crippen molar-refractivity contribution in [3.8, 4) is 0 Å². The lowest BCUT2D eigenvalue weighted by molar-refractivity contribution is 0.582. The molecule has 1 unspecified atom stereocenters. The van der Waals surface area contributed by atoms with Gasteiger partial charge in [-0.15, -0.1) is 12.4 Å². The normalized spacial score (nSPS) is 24.6. The Morgan fingerprint density at radius 1 is 1.55 bits per heavy atom. The summed E-state index contributed by atoms with van der Waals surface area (Å²) >= 11 is 0. The monoisotopic (exact) mass is 199 g/mol. The average Bonchev–Trinajstić information content (AvgIpc) is 2.12. The second-order valence-corrected chi connectivity index (χ2v) is 5.07. The van der Waals surface area contributed by atoms with Crippen molar-refractivity contribution in [2.75, 3.05) is 18.6 Å². The van der Waals surface area contributed by atoms with Gasteiger partial charge in [-0.25, -0.2) is 8.42 Å². The predicted octanol–water partition coefficient (Wildman–Crippen LogP) is 0.205. The van der Waals surface area contributed by atoms with Crippen molar-refractivity contribution in [3.05, 3.63) is 0 Å². The molecule has 11 heavy (non-hydrogen) atoms. The lowest BCUT2D eigenvalue weighted by atomic mass is 10.3. The second kappa shape index (κ2) is 4.28. The van der Waals surface area contributed by atoms with Crippen molar-refractivity contribution in [2.45, 2.75) is 18.9 Å². The van der Waals surface area contributed by atoms with E-state index in [9.17, 15) is 8.42 Å². The zero-order valence-corrected chi connectivity index (χ0v) is 8.17. The molecular formula is C6H14ClNO2S. The van der Waals surface area contributed by atoms with Crippen molar-refractivity contribution in [1.29, 1.82) is 0 Å². The number of hydrogen-bond donors (Lipinski definition) is 1. The molecule has 68 valence electrons. The van der Waals surface area contributed by atoms with Crippen molar-refractivity contribution in [2.24, 2.45) is 0 Å². The number of rotatable bonds is 2. The van der Waals surface area contributed by atoms with Crippen molar-refractivity contribution < 1.29 is 8.42 Å². The summed E-state index contributed by atoms with van der Waals surface area (Å²) in [6.07, 6.45) is 3.40. The third kappa shape index (κ3) is 4.61. The molecule has 0 bridgehead atoms. The fourth-order valence-electron chi connectivity index (χ4n) is 1.26. The zero-order valence-electron chi connectivity index (χ0n) is 6.54. The fourth-order valence-corrected chi connectivity index (χ4v) is 2.28. The van der Waals surface area contributed by atoms with Gasteiger partial charge >= 0.3 is 0 Å². The Balaban J connectivity index is 0.000001000. The molecule has 1 N–H and O–H groups in total. The summed E-state index contributed by atoms with van der Waals surface area (Å²) in [5.74, 6) is 0.299. The maximum absolute atomic E-state index is 10.7. The first-order chi connectivity index (χ1) is 4.58. The summed E-state index contributed by atoms with van der Waals surface area (Å²) in [5.41, 5.74) is 0. The summed E-state index contributed by atoms with van der Waals surface area (Å²) in [5, 5.41) is 3.13. The summed E-state index contributed by atoms with van der Waals surface area (Å²) in [6.45, 7) is 0.972. The van der Waals surface area contributed by atoms with Crippen molar-refractivity contribution >= 4 is 22.2 Å². The van der Waals surface area contributed by atoms with Crippen LogP contribution in [0, 0.1) is 0 Å². The van der Waals surface area contributed by atoms with Crippen LogP contribution in [0.1, 0.15) is 12.8 Å². The van der Waals surface area contributed by atoms with E-state index in [0.717, 1.165) is 19.4 Å². The van der Waals surface area contributed by atoms with Gasteiger partial charge in [0.2, 0.25) is 0 Å². The lowest BCUT2D eigenvalue weighted by Gasteiger charge is -2.06. The minimum atomic E-state index is -2.77. The maximum atomic E-state index is 10.7. The Kier molecular flexibility index (Phi) is 4.36. The molecular weight excluding hydrogens is 186 g/mol. The van der Waals surface area contributed by atoms with E-state index >= 15 is 0 Å². The van der Waals surface area contributed by atoms with Gasteiger partial charge in [-0.2, -0.15) is 0 Å². The molecule has 0 aromatic carbocycles. The summed E-state index contributed by atoms with van der Waals surface area (Å²) in [7, 11) is -2.77. The first kappa shape index (κ1) is 11.2. The lowest BCUT2D eigenvalue weighted by Crippen LogP contribution is -2.29. The largest absolute Gasteiger partial charge is 0.313 e. The van der Waals surface area contributed by atoms with Gasteiger partial charge in [-0.05, 0) is 19.4 Å². The van der Waals surface area contributed by atoms with E-state index in [0.29, 0.717) is 5.75 Å². The van der Waals surface area contributed by atoms with E-state index in [-0.39, 0.29) is 18.4 Å². The van der Waals surface area contributed by atoms with E-state index in [1.165, 1.54) is 6.26 Å². The van der Waals surface area contributed by atoms with Crippen LogP contribution in [0.25, 0.3) is 0 Å². The first-order valence-electron chi connectivity index (χ1n) is 3.49. The highest BCUT2D eigenvalue weighted by Crippen LogP contribution is 2.06. The van der Waals surface area contributed by atoms with E-state index < -0.39 is 9.84 Å². The molecule has 0 aromatic rings. The van der Waals surface area contributed by atoms with E-state index in [1.54, 1.807) is 0 Å². The van der Waals surface area contributed by atoms with Crippen molar-refractivity contribution in [3.63, 3.8) is 0 Å². The van der Waals surface area contributed by atoms with Crippen LogP contribution < -0.4 is 5.32 Å². The predicted molar refractivity (Wildman–Crippen MR) is 48.0 cm³/mol. The molecule has 0 aliphatic carbocycles. The van der Waals surface area contributed by atoms with Gasteiger partial charge in [-0.1, -0.05) is 0 Å². The Morgan fingerprint density at radius 3 is 2.55 bits per heavy atom. The zero-order chi connectivity index (χ0) is 7.61. The number of hydrogen-bond acceptors (Lipinski definition) is 3. The van der Waals surface area contributed by atoms with Crippen LogP contribution in [-0.4, -0.2) is 33.0 Å². The average molecular weight is 200 g/mol. The second-order valence-electron chi connectivity index (χ2n) is 2.89. The first-order valence-corrected chi connectivity index (χ1v) is 5.55. The highest BCUT2D eigenvalue weighted by Gasteiger charge is 2.18. The highest BCUT2D eigenvalue weighted by atomic mass is 35.5. The molecule has 1 aliphatic rings. The van der Waals surface area contributed by atoms with Crippen LogP contribution in [0.5, 0.6) is 0 Å². The molecule has 5 heteroatoms. The standard InChI is InChI=1S/C6H13NO2S.ClH/c1-10(8,9)5-6-3-2-4-7-6;/h6-7H,2-5H2,1H3;1H. The van der Waals surface area contributed by atoms with E-state index in [1.807, 2.05) is 0 Å². The van der Waals surface area contributed by atoms with Crippen LogP contribution in [0.2, 0.25) is 0 Å². The van der Waals surface area contributed by atoms with Gasteiger partial charge < -0.3 is 5.32 Å². The smallest absolute Gasteiger partial charge is 0.148 e. The van der Waals surface area contributed by atoms with Crippen LogP contribution in [0.15, 0.2) is 0 Å². The summed E-state index contributed by atoms with van der Waals surface area (Å²) in [4.78, 5) is 0. The third-order valence-corrected chi connectivity index (χ3v) is 2.67. The van der Waals surface area contributed by atoms with Crippen LogP contribution >= 0.6 is 12.4 Å². The van der Waals surface area contributed by atoms with Crippen LogP contribution in [0.3, 0.4) is 0 Å². The Bertz CT molecular complexity index is 197. The minimum absolute atomic E-state index is 0. The van der Waals surface area contributed by atoms with Gasteiger partial charge in [0, 0.05) is 12.3 Å². The van der Waals surface area contributed by atoms with Gasteiger partial charge in [0.25, 0.3) is 0 Å². The van der Waals surface area contributed by atoms with E-state index in [4.69, 9.17) is 0 Å². The summed E-state index contributed by atoms with van der Waals surface area (Å²) < 4.78 is 21.5. The molecule has 3 nitrogen and oxygen atoms in total. The molecule has 0 saturated carbocycles. The van der Waals surface area contributed by atoms with Crippen molar-refractivity contribution in [1.82, 2.24) is 5.32 Å². The molecule has 1 aliphatic heterocycles.